The van der Waals surface area contributed by atoms with Crippen molar-refractivity contribution in [3.63, 3.8) is 0 Å². The van der Waals surface area contributed by atoms with Crippen LogP contribution in [0.15, 0.2) is 30.5 Å². The summed E-state index contributed by atoms with van der Waals surface area (Å²) in [7, 11) is 0. The molecule has 0 aliphatic heterocycles. The van der Waals surface area contributed by atoms with Gasteiger partial charge in [0.1, 0.15) is 5.65 Å². The molecular weight excluding hydrogens is 342 g/mol. The zero-order chi connectivity index (χ0) is 17.8. The van der Waals surface area contributed by atoms with E-state index in [1.54, 1.807) is 17.5 Å². The molecule has 0 spiro atoms. The van der Waals surface area contributed by atoms with E-state index < -0.39 is 12.1 Å². The van der Waals surface area contributed by atoms with Crippen molar-refractivity contribution in [1.29, 1.82) is 0 Å². The molecule has 0 unspecified atom stereocenters. The van der Waals surface area contributed by atoms with Crippen LogP contribution in [-0.4, -0.2) is 33.4 Å². The van der Waals surface area contributed by atoms with Gasteiger partial charge in [-0.2, -0.15) is 0 Å². The molecule has 3 rings (SSSR count). The number of ether oxygens (including phenoxy) is 1. The monoisotopic (exact) mass is 361 g/mol. The van der Waals surface area contributed by atoms with Gasteiger partial charge in [0.25, 0.3) is 5.91 Å². The van der Waals surface area contributed by atoms with E-state index in [9.17, 15) is 9.59 Å². The number of halogens is 1. The fourth-order valence-corrected chi connectivity index (χ4v) is 3.18. The Morgan fingerprint density at radius 1 is 1.40 bits per heavy atom. The summed E-state index contributed by atoms with van der Waals surface area (Å²) in [5.41, 5.74) is 1.27. The first-order valence-electron chi connectivity index (χ1n) is 8.36. The Morgan fingerprint density at radius 2 is 2.16 bits per heavy atom. The summed E-state index contributed by atoms with van der Waals surface area (Å²) >= 11 is 6.10. The Kier molecular flexibility index (Phi) is 5.38. The van der Waals surface area contributed by atoms with Crippen molar-refractivity contribution < 1.29 is 14.3 Å². The third-order valence-corrected chi connectivity index (χ3v) is 4.54. The lowest BCUT2D eigenvalue weighted by Gasteiger charge is -2.16. The first-order chi connectivity index (χ1) is 12.0. The Hall–Kier alpha value is -2.34. The number of fused-ring (bicyclic) bond motifs is 1. The zero-order valence-corrected chi connectivity index (χ0v) is 14.7. The molecule has 2 aromatic heterocycles. The van der Waals surface area contributed by atoms with Crippen molar-refractivity contribution in [2.24, 2.45) is 0 Å². The van der Waals surface area contributed by atoms with Crippen LogP contribution in [0, 0.1) is 0 Å². The standard InChI is InChI=1S/C18H20ClN3O3/c1-12(18(24)20-13-6-2-3-7-13)25-16(23)10-9-14-17(19)21-15-8-4-5-11-22(14)15/h4-5,8-13H,2-3,6-7H2,1H3,(H,20,24)/b10-9+/t12-/m1/s1. The van der Waals surface area contributed by atoms with Crippen molar-refractivity contribution in [2.75, 3.05) is 0 Å². The predicted molar refractivity (Wildman–Crippen MR) is 95.2 cm³/mol. The highest BCUT2D eigenvalue weighted by Gasteiger charge is 2.22. The molecule has 7 heteroatoms. The van der Waals surface area contributed by atoms with Gasteiger partial charge in [-0.15, -0.1) is 0 Å². The maximum atomic E-state index is 12.0. The number of carbonyl (C=O) groups excluding carboxylic acids is 2. The third kappa shape index (κ3) is 4.20. The van der Waals surface area contributed by atoms with Crippen LogP contribution in [0.25, 0.3) is 11.7 Å². The second-order valence-electron chi connectivity index (χ2n) is 6.12. The van der Waals surface area contributed by atoms with E-state index in [1.807, 2.05) is 18.2 Å². The van der Waals surface area contributed by atoms with Crippen molar-refractivity contribution in [2.45, 2.75) is 44.8 Å². The Balaban J connectivity index is 1.60. The molecule has 25 heavy (non-hydrogen) atoms. The number of hydrogen-bond acceptors (Lipinski definition) is 4. The first-order valence-corrected chi connectivity index (χ1v) is 8.74. The molecule has 0 saturated heterocycles. The maximum absolute atomic E-state index is 12.0. The minimum absolute atomic E-state index is 0.196. The molecule has 6 nitrogen and oxygen atoms in total. The largest absolute Gasteiger partial charge is 0.449 e. The number of carbonyl (C=O) groups is 2. The van der Waals surface area contributed by atoms with Crippen LogP contribution in [-0.2, 0) is 14.3 Å². The van der Waals surface area contributed by atoms with Gasteiger partial charge in [-0.05, 0) is 38.0 Å². The van der Waals surface area contributed by atoms with Gasteiger partial charge >= 0.3 is 5.97 Å². The Bertz CT molecular complexity index is 809. The summed E-state index contributed by atoms with van der Waals surface area (Å²) in [6.07, 6.45) is 7.97. The third-order valence-electron chi connectivity index (χ3n) is 4.26. The molecule has 0 aromatic carbocycles. The minimum atomic E-state index is -0.838. The summed E-state index contributed by atoms with van der Waals surface area (Å²) in [4.78, 5) is 28.2. The number of nitrogens with zero attached hydrogens (tertiary/aromatic N) is 2. The highest BCUT2D eigenvalue weighted by atomic mass is 35.5. The lowest BCUT2D eigenvalue weighted by Crippen LogP contribution is -2.40. The summed E-state index contributed by atoms with van der Waals surface area (Å²) in [6.45, 7) is 1.57. The van der Waals surface area contributed by atoms with E-state index >= 15 is 0 Å². The second-order valence-corrected chi connectivity index (χ2v) is 6.48. The number of amides is 1. The van der Waals surface area contributed by atoms with E-state index in [4.69, 9.17) is 16.3 Å². The summed E-state index contributed by atoms with van der Waals surface area (Å²) in [5, 5.41) is 3.21. The SMILES string of the molecule is C[C@@H](OC(=O)/C=C/c1c(Cl)nc2ccccn12)C(=O)NC1CCCC1. The predicted octanol–water partition coefficient (Wildman–Crippen LogP) is 2.99. The number of esters is 1. The van der Waals surface area contributed by atoms with Crippen molar-refractivity contribution in [1.82, 2.24) is 14.7 Å². The molecule has 1 amide bonds. The lowest BCUT2D eigenvalue weighted by atomic mass is 10.2. The number of pyridine rings is 1. The summed E-state index contributed by atoms with van der Waals surface area (Å²) in [5.74, 6) is -0.863. The highest BCUT2D eigenvalue weighted by Crippen LogP contribution is 2.19. The molecule has 1 aliphatic rings. The fourth-order valence-electron chi connectivity index (χ4n) is 2.94. The van der Waals surface area contributed by atoms with E-state index in [-0.39, 0.29) is 11.9 Å². The number of hydrogen-bond donors (Lipinski definition) is 1. The molecule has 2 heterocycles. The lowest BCUT2D eigenvalue weighted by molar-refractivity contribution is -0.150. The number of aromatic nitrogens is 2. The molecule has 2 aromatic rings. The average molecular weight is 362 g/mol. The second kappa shape index (κ2) is 7.70. The van der Waals surface area contributed by atoms with Gasteiger partial charge in [0.2, 0.25) is 0 Å². The van der Waals surface area contributed by atoms with Crippen molar-refractivity contribution in [3.8, 4) is 0 Å². The van der Waals surface area contributed by atoms with Crippen LogP contribution in [0.3, 0.4) is 0 Å². The maximum Gasteiger partial charge on any atom is 0.331 e. The molecule has 1 fully saturated rings. The van der Waals surface area contributed by atoms with E-state index in [1.165, 1.54) is 12.2 Å². The molecule has 1 saturated carbocycles. The van der Waals surface area contributed by atoms with Gasteiger partial charge in [0, 0.05) is 18.3 Å². The van der Waals surface area contributed by atoms with Crippen LogP contribution in [0.1, 0.15) is 38.3 Å². The van der Waals surface area contributed by atoms with Crippen LogP contribution in [0.5, 0.6) is 0 Å². The van der Waals surface area contributed by atoms with Gasteiger partial charge in [0.05, 0.1) is 5.69 Å². The quantitative estimate of drug-likeness (QED) is 0.656. The van der Waals surface area contributed by atoms with Gasteiger partial charge in [0.15, 0.2) is 11.3 Å². The highest BCUT2D eigenvalue weighted by molar-refractivity contribution is 6.31. The van der Waals surface area contributed by atoms with Gasteiger partial charge < -0.3 is 10.1 Å². The minimum Gasteiger partial charge on any atom is -0.449 e. The van der Waals surface area contributed by atoms with Crippen LogP contribution >= 0.6 is 11.6 Å². The number of nitrogens with one attached hydrogen (secondary N) is 1. The average Bonchev–Trinajstić information content (AvgIpc) is 3.19. The number of rotatable bonds is 5. The van der Waals surface area contributed by atoms with Crippen LogP contribution < -0.4 is 5.32 Å². The number of imidazole rings is 1. The Labute approximate surface area is 150 Å². The molecule has 132 valence electrons. The summed E-state index contributed by atoms with van der Waals surface area (Å²) in [6, 6.07) is 5.71. The first kappa shape index (κ1) is 17.5. The normalized spacial score (nSPS) is 16.4. The molecule has 0 bridgehead atoms. The van der Waals surface area contributed by atoms with E-state index in [0.717, 1.165) is 25.7 Å². The van der Waals surface area contributed by atoms with Crippen molar-refractivity contribution >= 4 is 35.2 Å². The van der Waals surface area contributed by atoms with Crippen LogP contribution in [0.2, 0.25) is 5.15 Å². The molecule has 1 atom stereocenters. The van der Waals surface area contributed by atoms with E-state index in [0.29, 0.717) is 16.5 Å². The van der Waals surface area contributed by atoms with Crippen molar-refractivity contribution in [3.05, 3.63) is 41.3 Å². The zero-order valence-electron chi connectivity index (χ0n) is 13.9. The molecule has 1 aliphatic carbocycles. The molecule has 1 N–H and O–H groups in total. The van der Waals surface area contributed by atoms with Gasteiger partial charge in [-0.3, -0.25) is 9.20 Å². The topological polar surface area (TPSA) is 72.7 Å². The summed E-state index contributed by atoms with van der Waals surface area (Å²) < 4.78 is 6.93. The van der Waals surface area contributed by atoms with E-state index in [2.05, 4.69) is 10.3 Å². The van der Waals surface area contributed by atoms with Crippen LogP contribution in [0.4, 0.5) is 0 Å². The molecular formula is C18H20ClN3O3. The van der Waals surface area contributed by atoms with Gasteiger partial charge in [-0.1, -0.05) is 30.5 Å². The molecule has 0 radical (unpaired) electrons. The smallest absolute Gasteiger partial charge is 0.331 e. The Morgan fingerprint density at radius 3 is 2.92 bits per heavy atom. The fraction of sp³-hybridized carbons (Fsp3) is 0.389. The van der Waals surface area contributed by atoms with Gasteiger partial charge in [-0.25, -0.2) is 9.78 Å².